The third kappa shape index (κ3) is 3.55. The first-order chi connectivity index (χ1) is 12.1. The van der Waals surface area contributed by atoms with Crippen molar-refractivity contribution in [2.75, 3.05) is 5.32 Å². The van der Waals surface area contributed by atoms with Crippen LogP contribution in [0.15, 0.2) is 72.8 Å². The van der Waals surface area contributed by atoms with E-state index in [1.807, 2.05) is 25.1 Å². The molecular formula is C20H16N2O3. The van der Waals surface area contributed by atoms with Crippen molar-refractivity contribution in [2.24, 2.45) is 0 Å². The van der Waals surface area contributed by atoms with Crippen LogP contribution in [-0.4, -0.2) is 10.8 Å². The zero-order chi connectivity index (χ0) is 17.8. The first-order valence-corrected chi connectivity index (χ1v) is 7.77. The van der Waals surface area contributed by atoms with Gasteiger partial charge in [0.05, 0.1) is 10.5 Å². The maximum Gasteiger partial charge on any atom is 0.277 e. The van der Waals surface area contributed by atoms with E-state index in [0.29, 0.717) is 22.4 Å². The van der Waals surface area contributed by atoms with Gasteiger partial charge in [-0.15, -0.1) is 0 Å². The van der Waals surface area contributed by atoms with Crippen molar-refractivity contribution in [2.45, 2.75) is 6.92 Å². The fourth-order valence-corrected chi connectivity index (χ4v) is 2.70. The number of nitro groups is 1. The number of nitrogens with zero attached hydrogens (tertiary/aromatic N) is 1. The molecule has 0 bridgehead atoms. The van der Waals surface area contributed by atoms with Crippen LogP contribution < -0.4 is 5.32 Å². The van der Waals surface area contributed by atoms with Crippen LogP contribution in [0.4, 0.5) is 11.4 Å². The van der Waals surface area contributed by atoms with Crippen molar-refractivity contribution in [1.82, 2.24) is 0 Å². The fraction of sp³-hybridized carbons (Fsp3) is 0.0500. The quantitative estimate of drug-likeness (QED) is 0.550. The number of amides is 1. The second-order valence-corrected chi connectivity index (χ2v) is 5.64. The molecular weight excluding hydrogens is 316 g/mol. The maximum absolute atomic E-state index is 12.7. The number of nitro benzene ring substituents is 1. The van der Waals surface area contributed by atoms with Gasteiger partial charge in [-0.3, -0.25) is 14.9 Å². The molecule has 5 nitrogen and oxygen atoms in total. The zero-order valence-electron chi connectivity index (χ0n) is 13.6. The van der Waals surface area contributed by atoms with Gasteiger partial charge < -0.3 is 5.32 Å². The summed E-state index contributed by atoms with van der Waals surface area (Å²) in [5.74, 6) is -0.306. The van der Waals surface area contributed by atoms with Crippen LogP contribution in [-0.2, 0) is 0 Å². The van der Waals surface area contributed by atoms with Gasteiger partial charge in [-0.1, -0.05) is 42.5 Å². The van der Waals surface area contributed by atoms with Gasteiger partial charge in [0.15, 0.2) is 0 Å². The van der Waals surface area contributed by atoms with Gasteiger partial charge >= 0.3 is 0 Å². The highest BCUT2D eigenvalue weighted by molar-refractivity contribution is 6.09. The van der Waals surface area contributed by atoms with Crippen LogP contribution >= 0.6 is 0 Å². The van der Waals surface area contributed by atoms with Crippen molar-refractivity contribution in [3.63, 3.8) is 0 Å². The molecule has 0 aliphatic heterocycles. The second kappa shape index (κ2) is 6.97. The first-order valence-electron chi connectivity index (χ1n) is 7.77. The van der Waals surface area contributed by atoms with E-state index in [-0.39, 0.29) is 11.6 Å². The van der Waals surface area contributed by atoms with E-state index in [4.69, 9.17) is 0 Å². The molecule has 3 rings (SSSR count). The smallest absolute Gasteiger partial charge is 0.277 e. The molecule has 124 valence electrons. The summed E-state index contributed by atoms with van der Waals surface area (Å²) in [5, 5.41) is 14.2. The van der Waals surface area contributed by atoms with Crippen LogP contribution in [0.3, 0.4) is 0 Å². The number of anilines is 1. The molecule has 0 fully saturated rings. The van der Waals surface area contributed by atoms with E-state index >= 15 is 0 Å². The molecule has 1 amide bonds. The summed E-state index contributed by atoms with van der Waals surface area (Å²) in [7, 11) is 0. The number of carbonyl (C=O) groups excluding carboxylic acids is 1. The van der Waals surface area contributed by atoms with E-state index < -0.39 is 4.92 Å². The molecule has 1 N–H and O–H groups in total. The average molecular weight is 332 g/mol. The minimum absolute atomic E-state index is 0.0293. The number of nitrogens with one attached hydrogen (secondary N) is 1. The van der Waals surface area contributed by atoms with E-state index in [0.717, 1.165) is 5.56 Å². The third-order valence-electron chi connectivity index (χ3n) is 3.84. The largest absolute Gasteiger partial charge is 0.322 e. The number of para-hydroxylation sites is 1. The summed E-state index contributed by atoms with van der Waals surface area (Å²) >= 11 is 0. The molecule has 0 radical (unpaired) electrons. The Kier molecular flexibility index (Phi) is 4.57. The highest BCUT2D eigenvalue weighted by Crippen LogP contribution is 2.32. The van der Waals surface area contributed by atoms with Gasteiger partial charge in [0.25, 0.3) is 11.6 Å². The fourth-order valence-electron chi connectivity index (χ4n) is 2.70. The number of hydrogen-bond donors (Lipinski definition) is 1. The molecule has 0 saturated carbocycles. The van der Waals surface area contributed by atoms with Gasteiger partial charge in [0.2, 0.25) is 0 Å². The summed E-state index contributed by atoms with van der Waals surface area (Å²) < 4.78 is 0. The summed E-state index contributed by atoms with van der Waals surface area (Å²) in [6, 6.07) is 20.8. The molecule has 0 aromatic heterocycles. The van der Waals surface area contributed by atoms with Crippen molar-refractivity contribution in [3.05, 3.63) is 94.0 Å². The zero-order valence-corrected chi connectivity index (χ0v) is 13.6. The van der Waals surface area contributed by atoms with Gasteiger partial charge in [0.1, 0.15) is 0 Å². The molecule has 0 heterocycles. The van der Waals surface area contributed by atoms with E-state index in [1.165, 1.54) is 6.07 Å². The van der Waals surface area contributed by atoms with Crippen LogP contribution in [0.25, 0.3) is 11.1 Å². The predicted molar refractivity (Wildman–Crippen MR) is 97.7 cm³/mol. The monoisotopic (exact) mass is 332 g/mol. The highest BCUT2D eigenvalue weighted by Gasteiger charge is 2.19. The number of carbonyl (C=O) groups is 1. The molecule has 0 spiro atoms. The lowest BCUT2D eigenvalue weighted by molar-refractivity contribution is -0.384. The molecule has 3 aromatic carbocycles. The lowest BCUT2D eigenvalue weighted by atomic mass is 9.97. The Morgan fingerprint density at radius 3 is 2.32 bits per heavy atom. The second-order valence-electron chi connectivity index (χ2n) is 5.64. The van der Waals surface area contributed by atoms with E-state index in [2.05, 4.69) is 5.32 Å². The standard InChI is InChI=1S/C20H16N2O3/c1-14-7-6-8-15(13-14)21-20(23)18-11-3-2-9-16(18)17-10-4-5-12-19(17)22(24)25/h2-13H,1H3,(H,21,23). The SMILES string of the molecule is Cc1cccc(NC(=O)c2ccccc2-c2ccccc2[N+](=O)[O-])c1. The predicted octanol–water partition coefficient (Wildman–Crippen LogP) is 4.82. The maximum atomic E-state index is 12.7. The van der Waals surface area contributed by atoms with Crippen molar-refractivity contribution < 1.29 is 9.72 Å². The van der Waals surface area contributed by atoms with E-state index in [9.17, 15) is 14.9 Å². The minimum Gasteiger partial charge on any atom is -0.322 e. The van der Waals surface area contributed by atoms with Crippen LogP contribution in [0.1, 0.15) is 15.9 Å². The Morgan fingerprint density at radius 1 is 0.920 bits per heavy atom. The normalized spacial score (nSPS) is 10.3. The molecule has 5 heteroatoms. The highest BCUT2D eigenvalue weighted by atomic mass is 16.6. The van der Waals surface area contributed by atoms with Gasteiger partial charge in [-0.25, -0.2) is 0 Å². The number of aryl methyl sites for hydroxylation is 1. The Balaban J connectivity index is 2.02. The summed E-state index contributed by atoms with van der Waals surface area (Å²) in [5.41, 5.74) is 3.02. The van der Waals surface area contributed by atoms with Crippen LogP contribution in [0, 0.1) is 17.0 Å². The van der Waals surface area contributed by atoms with Crippen molar-refractivity contribution >= 4 is 17.3 Å². The number of benzene rings is 3. The number of hydrogen-bond acceptors (Lipinski definition) is 3. The molecule has 0 unspecified atom stereocenters. The summed E-state index contributed by atoms with van der Waals surface area (Å²) in [6.07, 6.45) is 0. The third-order valence-corrected chi connectivity index (χ3v) is 3.84. The molecule has 0 aliphatic rings. The Bertz CT molecular complexity index is 951. The Morgan fingerprint density at radius 2 is 1.60 bits per heavy atom. The van der Waals surface area contributed by atoms with Gasteiger partial charge in [0, 0.05) is 22.9 Å². The number of rotatable bonds is 4. The molecule has 0 aliphatic carbocycles. The molecule has 25 heavy (non-hydrogen) atoms. The lowest BCUT2D eigenvalue weighted by Crippen LogP contribution is -2.13. The van der Waals surface area contributed by atoms with Gasteiger partial charge in [-0.05, 0) is 36.8 Å². The first kappa shape index (κ1) is 16.4. The topological polar surface area (TPSA) is 72.2 Å². The average Bonchev–Trinajstić information content (AvgIpc) is 2.61. The molecule has 3 aromatic rings. The van der Waals surface area contributed by atoms with Crippen molar-refractivity contribution in [1.29, 1.82) is 0 Å². The van der Waals surface area contributed by atoms with E-state index in [1.54, 1.807) is 48.5 Å². The van der Waals surface area contributed by atoms with Crippen LogP contribution in [0.2, 0.25) is 0 Å². The van der Waals surface area contributed by atoms with Crippen LogP contribution in [0.5, 0.6) is 0 Å². The summed E-state index contributed by atoms with van der Waals surface area (Å²) in [4.78, 5) is 23.6. The molecule has 0 saturated heterocycles. The molecule has 0 atom stereocenters. The lowest BCUT2D eigenvalue weighted by Gasteiger charge is -2.11. The van der Waals surface area contributed by atoms with Crippen molar-refractivity contribution in [3.8, 4) is 11.1 Å². The minimum atomic E-state index is -0.440. The Hall–Kier alpha value is -3.47. The van der Waals surface area contributed by atoms with Gasteiger partial charge in [-0.2, -0.15) is 0 Å². The summed E-state index contributed by atoms with van der Waals surface area (Å²) in [6.45, 7) is 1.94. The Labute approximate surface area is 145 Å².